The van der Waals surface area contributed by atoms with E-state index in [4.69, 9.17) is 4.74 Å². The lowest BCUT2D eigenvalue weighted by Crippen LogP contribution is -2.14. The highest BCUT2D eigenvalue weighted by molar-refractivity contribution is 5.98. The number of nitrogens with zero attached hydrogens (tertiary/aromatic N) is 4. The van der Waals surface area contributed by atoms with Crippen LogP contribution >= 0.6 is 0 Å². The maximum Gasteiger partial charge on any atom is 0.205 e. The van der Waals surface area contributed by atoms with Gasteiger partial charge >= 0.3 is 0 Å². The Labute approximate surface area is 131 Å². The molecule has 0 saturated heterocycles. The smallest absolute Gasteiger partial charge is 0.205 e. The van der Waals surface area contributed by atoms with Crippen LogP contribution in [0.15, 0.2) is 48.5 Å². The lowest BCUT2D eigenvalue weighted by atomic mass is 10.1. The number of carbonyl (C=O) groups excluding carboxylic acids is 1. The van der Waals surface area contributed by atoms with Crippen molar-refractivity contribution in [2.45, 2.75) is 6.54 Å². The van der Waals surface area contributed by atoms with Crippen LogP contribution in [0.3, 0.4) is 0 Å². The van der Waals surface area contributed by atoms with Gasteiger partial charge in [0.15, 0.2) is 5.78 Å². The van der Waals surface area contributed by atoms with Crippen LogP contribution in [0.2, 0.25) is 0 Å². The van der Waals surface area contributed by atoms with E-state index >= 15 is 0 Å². The van der Waals surface area contributed by atoms with Crippen molar-refractivity contribution in [3.8, 4) is 17.1 Å². The van der Waals surface area contributed by atoms with Gasteiger partial charge in [0.1, 0.15) is 18.1 Å². The van der Waals surface area contributed by atoms with Crippen LogP contribution in [-0.4, -0.2) is 33.1 Å². The van der Waals surface area contributed by atoms with Gasteiger partial charge in [0.25, 0.3) is 0 Å². The number of Topliss-reactive ketones (excluding diaryl/α,β-unsaturated/α-hetero) is 1. The molecule has 23 heavy (non-hydrogen) atoms. The zero-order valence-corrected chi connectivity index (χ0v) is 12.3. The fourth-order valence-corrected chi connectivity index (χ4v) is 2.14. The van der Waals surface area contributed by atoms with Gasteiger partial charge in [-0.15, -0.1) is 10.2 Å². The molecular weight excluding hydrogens is 299 g/mol. The predicted octanol–water partition coefficient (Wildman–Crippen LogP) is 2.37. The van der Waals surface area contributed by atoms with E-state index in [-0.39, 0.29) is 24.0 Å². The van der Waals surface area contributed by atoms with Gasteiger partial charge in [-0.05, 0) is 29.5 Å². The summed E-state index contributed by atoms with van der Waals surface area (Å²) in [7, 11) is 1.50. The van der Waals surface area contributed by atoms with Crippen molar-refractivity contribution in [2.24, 2.45) is 0 Å². The average molecular weight is 312 g/mol. The summed E-state index contributed by atoms with van der Waals surface area (Å²) in [5, 5.41) is 11.8. The molecule has 0 aliphatic rings. The molecule has 1 aromatic heterocycles. The van der Waals surface area contributed by atoms with E-state index < -0.39 is 0 Å². The monoisotopic (exact) mass is 312 g/mol. The third-order valence-electron chi connectivity index (χ3n) is 3.23. The average Bonchev–Trinajstić information content (AvgIpc) is 3.03. The van der Waals surface area contributed by atoms with Crippen LogP contribution in [0.1, 0.15) is 10.4 Å². The fraction of sp³-hybridized carbons (Fsp3) is 0.125. The van der Waals surface area contributed by atoms with E-state index in [1.54, 1.807) is 36.4 Å². The minimum atomic E-state index is -0.385. The first-order chi connectivity index (χ1) is 11.2. The highest BCUT2D eigenvalue weighted by atomic mass is 19.1. The van der Waals surface area contributed by atoms with Crippen molar-refractivity contribution in [3.05, 3.63) is 59.9 Å². The normalized spacial score (nSPS) is 10.5. The van der Waals surface area contributed by atoms with Crippen molar-refractivity contribution in [1.29, 1.82) is 0 Å². The van der Waals surface area contributed by atoms with E-state index in [1.165, 1.54) is 24.0 Å². The van der Waals surface area contributed by atoms with E-state index in [2.05, 4.69) is 15.4 Å². The maximum absolute atomic E-state index is 13.2. The highest BCUT2D eigenvalue weighted by Gasteiger charge is 2.14. The number of ether oxygens (including phenoxy) is 1. The van der Waals surface area contributed by atoms with Crippen LogP contribution in [0, 0.1) is 5.82 Å². The zero-order valence-electron chi connectivity index (χ0n) is 12.3. The summed E-state index contributed by atoms with van der Waals surface area (Å²) < 4.78 is 18.4. The van der Waals surface area contributed by atoms with E-state index in [9.17, 15) is 9.18 Å². The molecule has 0 spiro atoms. The SMILES string of the molecule is COc1ccccc1C(=O)Cn1nnc(-c2cccc(F)c2)n1. The quantitative estimate of drug-likeness (QED) is 0.676. The number of tetrazole rings is 1. The molecule has 0 radical (unpaired) electrons. The number of para-hydroxylation sites is 1. The first-order valence-electron chi connectivity index (χ1n) is 6.87. The topological polar surface area (TPSA) is 69.9 Å². The molecule has 0 aliphatic carbocycles. The third-order valence-corrected chi connectivity index (χ3v) is 3.23. The minimum absolute atomic E-state index is 0.0807. The molecule has 2 aromatic carbocycles. The van der Waals surface area contributed by atoms with Gasteiger partial charge in [0, 0.05) is 5.56 Å². The molecule has 0 atom stereocenters. The Kier molecular flexibility index (Phi) is 4.09. The lowest BCUT2D eigenvalue weighted by molar-refractivity contribution is 0.0958. The summed E-state index contributed by atoms with van der Waals surface area (Å²) in [5.74, 6) is 0.162. The second kappa shape index (κ2) is 6.35. The Balaban J connectivity index is 1.80. The Morgan fingerprint density at radius 2 is 2.04 bits per heavy atom. The van der Waals surface area contributed by atoms with Crippen LogP contribution < -0.4 is 4.74 Å². The summed E-state index contributed by atoms with van der Waals surface area (Å²) >= 11 is 0. The van der Waals surface area contributed by atoms with Gasteiger partial charge in [-0.25, -0.2) is 4.39 Å². The standard InChI is InChI=1S/C16H13FN4O2/c1-23-15-8-3-2-7-13(15)14(22)10-21-19-16(18-20-21)11-5-4-6-12(17)9-11/h2-9H,10H2,1H3. The van der Waals surface area contributed by atoms with Crippen molar-refractivity contribution in [3.63, 3.8) is 0 Å². The molecule has 0 N–H and O–H groups in total. The number of rotatable bonds is 5. The van der Waals surface area contributed by atoms with Crippen LogP contribution in [0.5, 0.6) is 5.75 Å². The Hall–Kier alpha value is -3.09. The molecule has 3 aromatic rings. The molecule has 7 heteroatoms. The molecule has 6 nitrogen and oxygen atoms in total. The number of aromatic nitrogens is 4. The van der Waals surface area contributed by atoms with Gasteiger partial charge in [-0.2, -0.15) is 4.80 Å². The van der Waals surface area contributed by atoms with Gasteiger partial charge < -0.3 is 4.74 Å². The first kappa shape index (κ1) is 14.8. The number of hydrogen-bond acceptors (Lipinski definition) is 5. The molecule has 0 aliphatic heterocycles. The Morgan fingerprint density at radius 1 is 1.22 bits per heavy atom. The number of carbonyl (C=O) groups is 1. The number of methoxy groups -OCH3 is 1. The fourth-order valence-electron chi connectivity index (χ4n) is 2.14. The van der Waals surface area contributed by atoms with Gasteiger partial charge in [-0.3, -0.25) is 4.79 Å². The van der Waals surface area contributed by atoms with Gasteiger partial charge in [0.05, 0.1) is 12.7 Å². The Bertz CT molecular complexity index is 847. The second-order valence-electron chi connectivity index (χ2n) is 4.78. The molecule has 3 rings (SSSR count). The van der Waals surface area contributed by atoms with Crippen LogP contribution in [-0.2, 0) is 6.54 Å². The van der Waals surface area contributed by atoms with Gasteiger partial charge in [-0.1, -0.05) is 24.3 Å². The van der Waals surface area contributed by atoms with Crippen LogP contribution in [0.4, 0.5) is 4.39 Å². The molecule has 0 amide bonds. The summed E-state index contributed by atoms with van der Waals surface area (Å²) in [4.78, 5) is 13.5. The highest BCUT2D eigenvalue weighted by Crippen LogP contribution is 2.19. The number of hydrogen-bond donors (Lipinski definition) is 0. The largest absolute Gasteiger partial charge is 0.496 e. The predicted molar refractivity (Wildman–Crippen MR) is 80.5 cm³/mol. The van der Waals surface area contributed by atoms with Crippen molar-refractivity contribution < 1.29 is 13.9 Å². The summed E-state index contributed by atoms with van der Waals surface area (Å²) in [6, 6.07) is 12.8. The molecule has 0 saturated carbocycles. The zero-order chi connectivity index (χ0) is 16.2. The van der Waals surface area contributed by atoms with E-state index in [0.29, 0.717) is 16.9 Å². The van der Waals surface area contributed by atoms with Crippen molar-refractivity contribution in [1.82, 2.24) is 20.2 Å². The van der Waals surface area contributed by atoms with Crippen molar-refractivity contribution >= 4 is 5.78 Å². The number of ketones is 1. The summed E-state index contributed by atoms with van der Waals surface area (Å²) in [6.07, 6.45) is 0. The van der Waals surface area contributed by atoms with E-state index in [1.807, 2.05) is 0 Å². The molecule has 1 heterocycles. The second-order valence-corrected chi connectivity index (χ2v) is 4.78. The first-order valence-corrected chi connectivity index (χ1v) is 6.87. The molecule has 0 bridgehead atoms. The lowest BCUT2D eigenvalue weighted by Gasteiger charge is -2.06. The number of halogens is 1. The molecule has 116 valence electrons. The maximum atomic E-state index is 13.2. The van der Waals surface area contributed by atoms with Crippen molar-refractivity contribution in [2.75, 3.05) is 7.11 Å². The molecular formula is C16H13FN4O2. The molecule has 0 fully saturated rings. The molecule has 0 unspecified atom stereocenters. The number of benzene rings is 2. The van der Waals surface area contributed by atoms with Crippen LogP contribution in [0.25, 0.3) is 11.4 Å². The van der Waals surface area contributed by atoms with Gasteiger partial charge in [0.2, 0.25) is 5.82 Å². The third kappa shape index (κ3) is 3.23. The summed E-state index contributed by atoms with van der Waals surface area (Å²) in [5.41, 5.74) is 0.945. The minimum Gasteiger partial charge on any atom is -0.496 e. The van der Waals surface area contributed by atoms with E-state index in [0.717, 1.165) is 0 Å². The Morgan fingerprint density at radius 3 is 2.83 bits per heavy atom. The summed E-state index contributed by atoms with van der Waals surface area (Å²) in [6.45, 7) is -0.0807.